The van der Waals surface area contributed by atoms with Crippen molar-refractivity contribution in [3.63, 3.8) is 0 Å². The molecule has 0 aromatic rings. The zero-order chi connectivity index (χ0) is 12.9. The molecule has 19 heavy (non-hydrogen) atoms. The molecule has 2 atom stereocenters. The monoisotopic (exact) mass is 262 g/mol. The largest absolute Gasteiger partial charge is 0.314 e. The average Bonchev–Trinajstić information content (AvgIpc) is 2.38. The molecule has 5 aliphatic rings. The van der Waals surface area contributed by atoms with Gasteiger partial charge in [0.15, 0.2) is 0 Å². The van der Waals surface area contributed by atoms with Gasteiger partial charge in [0.2, 0.25) is 0 Å². The quantitative estimate of drug-likeness (QED) is 0.841. The van der Waals surface area contributed by atoms with E-state index < -0.39 is 0 Å². The van der Waals surface area contributed by atoms with Crippen molar-refractivity contribution >= 4 is 0 Å². The third-order valence-electron chi connectivity index (χ3n) is 6.72. The lowest BCUT2D eigenvalue weighted by atomic mass is 9.45. The van der Waals surface area contributed by atoms with Gasteiger partial charge in [-0.1, -0.05) is 13.3 Å². The Morgan fingerprint density at radius 3 is 2.37 bits per heavy atom. The van der Waals surface area contributed by atoms with E-state index >= 15 is 0 Å². The Balaban J connectivity index is 1.62. The van der Waals surface area contributed by atoms with Gasteiger partial charge in [0.25, 0.3) is 0 Å². The van der Waals surface area contributed by atoms with Gasteiger partial charge in [-0.15, -0.1) is 0 Å². The summed E-state index contributed by atoms with van der Waals surface area (Å²) in [5.74, 6) is 2.14. The highest BCUT2D eigenvalue weighted by Gasteiger charge is 2.58. The summed E-state index contributed by atoms with van der Waals surface area (Å²) in [5.41, 5.74) is 1.38. The van der Waals surface area contributed by atoms with Crippen molar-refractivity contribution in [1.29, 1.82) is 0 Å². The normalized spacial score (nSPS) is 49.7. The van der Waals surface area contributed by atoms with Crippen molar-refractivity contribution in [3.05, 3.63) is 0 Å². The van der Waals surface area contributed by atoms with Crippen LogP contribution in [-0.4, -0.2) is 36.6 Å². The molecule has 5 fully saturated rings. The molecule has 1 N–H and O–H groups in total. The molecular formula is C17H30N2. The third-order valence-corrected chi connectivity index (χ3v) is 6.72. The molecule has 4 bridgehead atoms. The van der Waals surface area contributed by atoms with Crippen molar-refractivity contribution < 1.29 is 0 Å². The van der Waals surface area contributed by atoms with E-state index in [1.807, 2.05) is 0 Å². The minimum Gasteiger partial charge on any atom is -0.314 e. The molecule has 4 saturated carbocycles. The van der Waals surface area contributed by atoms with E-state index in [1.165, 1.54) is 51.9 Å². The lowest BCUT2D eigenvalue weighted by Crippen LogP contribution is -2.65. The van der Waals surface area contributed by atoms with E-state index in [0.29, 0.717) is 5.54 Å². The summed E-state index contributed by atoms with van der Waals surface area (Å²) in [6, 6.07) is 0. The number of hydrogen-bond acceptors (Lipinski definition) is 2. The molecular weight excluding hydrogens is 232 g/mol. The zero-order valence-corrected chi connectivity index (χ0v) is 12.6. The van der Waals surface area contributed by atoms with Crippen LogP contribution in [-0.2, 0) is 0 Å². The maximum atomic E-state index is 3.54. The third kappa shape index (κ3) is 1.98. The Labute approximate surface area is 118 Å². The molecule has 1 aliphatic heterocycles. The fourth-order valence-electron chi connectivity index (χ4n) is 6.73. The molecule has 1 heterocycles. The maximum Gasteiger partial charge on any atom is 0.0221 e. The van der Waals surface area contributed by atoms with Crippen LogP contribution < -0.4 is 5.32 Å². The second kappa shape index (κ2) is 4.46. The highest BCUT2D eigenvalue weighted by Crippen LogP contribution is 2.64. The standard InChI is InChI=1S/C17H30N2/c1-2-3-16-9-14-8-15(10-16)12-17(11-14,13-16)19-6-4-18-5-7-19/h14-15,18H,2-13H2,1H3. The molecule has 2 heteroatoms. The second-order valence-corrected chi connectivity index (χ2v) is 8.17. The number of piperazine rings is 1. The Hall–Kier alpha value is -0.0800. The van der Waals surface area contributed by atoms with E-state index in [2.05, 4.69) is 17.1 Å². The summed E-state index contributed by atoms with van der Waals surface area (Å²) >= 11 is 0. The Morgan fingerprint density at radius 1 is 1.05 bits per heavy atom. The molecule has 0 radical (unpaired) electrons. The van der Waals surface area contributed by atoms with E-state index in [1.54, 1.807) is 25.7 Å². The first-order chi connectivity index (χ1) is 9.24. The molecule has 0 aromatic carbocycles. The molecule has 0 aromatic heterocycles. The van der Waals surface area contributed by atoms with Crippen LogP contribution in [0.2, 0.25) is 0 Å². The van der Waals surface area contributed by atoms with Crippen molar-refractivity contribution in [1.82, 2.24) is 10.2 Å². The molecule has 108 valence electrons. The van der Waals surface area contributed by atoms with Crippen LogP contribution in [0.5, 0.6) is 0 Å². The Kier molecular flexibility index (Phi) is 2.97. The summed E-state index contributed by atoms with van der Waals surface area (Å²) in [6.45, 7) is 7.45. The van der Waals surface area contributed by atoms with Crippen molar-refractivity contribution in [3.8, 4) is 0 Å². The SMILES string of the molecule is CCCC12CC3CC(C1)CC(N1CCNCC1)(C3)C2. The van der Waals surface area contributed by atoms with Crippen LogP contribution in [0.1, 0.15) is 58.3 Å². The number of nitrogens with zero attached hydrogens (tertiary/aromatic N) is 1. The van der Waals surface area contributed by atoms with E-state index in [9.17, 15) is 0 Å². The van der Waals surface area contributed by atoms with E-state index in [-0.39, 0.29) is 0 Å². The van der Waals surface area contributed by atoms with Crippen LogP contribution in [0.3, 0.4) is 0 Å². The Morgan fingerprint density at radius 2 is 1.74 bits per heavy atom. The smallest absolute Gasteiger partial charge is 0.0221 e. The summed E-state index contributed by atoms with van der Waals surface area (Å²) in [4.78, 5) is 2.91. The van der Waals surface area contributed by atoms with Gasteiger partial charge in [-0.2, -0.15) is 0 Å². The first-order valence-corrected chi connectivity index (χ1v) is 8.69. The minimum atomic E-state index is 0.626. The van der Waals surface area contributed by atoms with Crippen LogP contribution in [0.4, 0.5) is 0 Å². The van der Waals surface area contributed by atoms with Crippen molar-refractivity contribution in [2.75, 3.05) is 26.2 Å². The second-order valence-electron chi connectivity index (χ2n) is 8.17. The van der Waals surface area contributed by atoms with Crippen LogP contribution in [0.25, 0.3) is 0 Å². The summed E-state index contributed by atoms with van der Waals surface area (Å²) in [6.07, 6.45) is 12.2. The molecule has 1 saturated heterocycles. The van der Waals surface area contributed by atoms with Gasteiger partial charge < -0.3 is 5.32 Å². The zero-order valence-electron chi connectivity index (χ0n) is 12.6. The molecule has 0 amide bonds. The van der Waals surface area contributed by atoms with Gasteiger partial charge in [-0.3, -0.25) is 4.90 Å². The topological polar surface area (TPSA) is 15.3 Å². The summed E-state index contributed by atoms with van der Waals surface area (Å²) < 4.78 is 0. The average molecular weight is 262 g/mol. The molecule has 4 aliphatic carbocycles. The van der Waals surface area contributed by atoms with Crippen LogP contribution >= 0.6 is 0 Å². The van der Waals surface area contributed by atoms with Gasteiger partial charge >= 0.3 is 0 Å². The van der Waals surface area contributed by atoms with Gasteiger partial charge in [0, 0.05) is 31.7 Å². The Bertz CT molecular complexity index is 331. The first-order valence-electron chi connectivity index (χ1n) is 8.69. The van der Waals surface area contributed by atoms with Crippen LogP contribution in [0.15, 0.2) is 0 Å². The highest BCUT2D eigenvalue weighted by atomic mass is 15.2. The van der Waals surface area contributed by atoms with Crippen molar-refractivity contribution in [2.24, 2.45) is 17.3 Å². The van der Waals surface area contributed by atoms with Gasteiger partial charge in [0.05, 0.1) is 0 Å². The maximum absolute atomic E-state index is 3.54. The fourth-order valence-corrected chi connectivity index (χ4v) is 6.73. The molecule has 2 unspecified atom stereocenters. The van der Waals surface area contributed by atoms with Gasteiger partial charge in [0.1, 0.15) is 0 Å². The number of nitrogens with one attached hydrogen (secondary N) is 1. The highest BCUT2D eigenvalue weighted by molar-refractivity contribution is 5.12. The first kappa shape index (κ1) is 12.6. The molecule has 5 rings (SSSR count). The lowest BCUT2D eigenvalue weighted by molar-refractivity contribution is -0.138. The predicted octanol–water partition coefficient (Wildman–Crippen LogP) is 3.03. The number of rotatable bonds is 3. The lowest BCUT2D eigenvalue weighted by Gasteiger charge is -2.65. The minimum absolute atomic E-state index is 0.626. The predicted molar refractivity (Wildman–Crippen MR) is 79.2 cm³/mol. The van der Waals surface area contributed by atoms with E-state index in [0.717, 1.165) is 17.3 Å². The van der Waals surface area contributed by atoms with Crippen molar-refractivity contribution in [2.45, 2.75) is 63.8 Å². The van der Waals surface area contributed by atoms with Crippen LogP contribution in [0, 0.1) is 17.3 Å². The van der Waals surface area contributed by atoms with Gasteiger partial charge in [-0.25, -0.2) is 0 Å². The van der Waals surface area contributed by atoms with Gasteiger partial charge in [-0.05, 0) is 62.2 Å². The summed E-state index contributed by atoms with van der Waals surface area (Å²) in [7, 11) is 0. The summed E-state index contributed by atoms with van der Waals surface area (Å²) in [5, 5.41) is 3.54. The fraction of sp³-hybridized carbons (Fsp3) is 1.00. The number of hydrogen-bond donors (Lipinski definition) is 1. The molecule has 0 spiro atoms. The van der Waals surface area contributed by atoms with E-state index in [4.69, 9.17) is 0 Å². The molecule has 2 nitrogen and oxygen atoms in total.